The summed E-state index contributed by atoms with van der Waals surface area (Å²) in [6.45, 7) is 9.03. The highest BCUT2D eigenvalue weighted by atomic mass is 14.1. The number of rotatable bonds is 4. The summed E-state index contributed by atoms with van der Waals surface area (Å²) in [5.74, 6) is 0.658. The maximum Gasteiger partial charge on any atom is -0.0187 e. The molecule has 0 heterocycles. The minimum atomic E-state index is 0.315. The first-order valence-corrected chi connectivity index (χ1v) is 6.22. The Hall–Kier alpha value is -1.04. The second-order valence-electron chi connectivity index (χ2n) is 5.66. The van der Waals surface area contributed by atoms with Crippen molar-refractivity contribution < 1.29 is 0 Å². The quantitative estimate of drug-likeness (QED) is 0.609. The van der Waals surface area contributed by atoms with E-state index in [4.69, 9.17) is 0 Å². The van der Waals surface area contributed by atoms with Crippen molar-refractivity contribution in [3.63, 3.8) is 0 Å². The minimum Gasteiger partial charge on any atom is -0.0880 e. The van der Waals surface area contributed by atoms with Crippen LogP contribution in [-0.2, 0) is 0 Å². The number of hydrogen-bond donors (Lipinski definition) is 0. The van der Waals surface area contributed by atoms with Crippen LogP contribution in [0.3, 0.4) is 0 Å². The van der Waals surface area contributed by atoms with Crippen LogP contribution in [0.2, 0.25) is 0 Å². The molecule has 1 atom stereocenters. The average molecular weight is 216 g/mol. The van der Waals surface area contributed by atoms with E-state index in [1.165, 1.54) is 18.4 Å². The van der Waals surface area contributed by atoms with Crippen LogP contribution in [0.25, 0.3) is 0 Å². The third kappa shape index (κ3) is 5.16. The summed E-state index contributed by atoms with van der Waals surface area (Å²) in [4.78, 5) is 0. The van der Waals surface area contributed by atoms with Gasteiger partial charge in [0.25, 0.3) is 0 Å². The van der Waals surface area contributed by atoms with E-state index in [-0.39, 0.29) is 0 Å². The molecular formula is C16H24. The Balaban J connectivity index is 2.37. The molecule has 16 heavy (non-hydrogen) atoms. The van der Waals surface area contributed by atoms with Gasteiger partial charge >= 0.3 is 0 Å². The fourth-order valence-corrected chi connectivity index (χ4v) is 1.73. The molecular weight excluding hydrogens is 192 g/mol. The van der Waals surface area contributed by atoms with E-state index in [1.54, 1.807) is 0 Å². The van der Waals surface area contributed by atoms with Crippen LogP contribution in [0.15, 0.2) is 42.5 Å². The predicted molar refractivity (Wildman–Crippen MR) is 72.7 cm³/mol. The SMILES string of the molecule is CC(CC/C=C/C(C)(C)C)c1ccccc1. The normalized spacial score (nSPS) is 14.2. The summed E-state index contributed by atoms with van der Waals surface area (Å²) in [6, 6.07) is 10.8. The van der Waals surface area contributed by atoms with Gasteiger partial charge in [0.2, 0.25) is 0 Å². The Morgan fingerprint density at radius 2 is 1.75 bits per heavy atom. The maximum atomic E-state index is 2.32. The molecule has 0 aliphatic heterocycles. The zero-order valence-corrected chi connectivity index (χ0v) is 11.0. The molecule has 0 N–H and O–H groups in total. The summed E-state index contributed by atoms with van der Waals surface area (Å²) < 4.78 is 0. The Morgan fingerprint density at radius 3 is 2.31 bits per heavy atom. The van der Waals surface area contributed by atoms with Crippen LogP contribution in [0.1, 0.15) is 52.0 Å². The summed E-state index contributed by atoms with van der Waals surface area (Å²) in [5.41, 5.74) is 1.77. The summed E-state index contributed by atoms with van der Waals surface area (Å²) in [7, 11) is 0. The van der Waals surface area contributed by atoms with Crippen LogP contribution in [0, 0.1) is 5.41 Å². The van der Waals surface area contributed by atoms with Gasteiger partial charge in [-0.15, -0.1) is 0 Å². The van der Waals surface area contributed by atoms with E-state index in [0.29, 0.717) is 11.3 Å². The molecule has 0 aliphatic rings. The van der Waals surface area contributed by atoms with Gasteiger partial charge in [-0.3, -0.25) is 0 Å². The van der Waals surface area contributed by atoms with Crippen molar-refractivity contribution in [2.75, 3.05) is 0 Å². The van der Waals surface area contributed by atoms with Crippen molar-refractivity contribution >= 4 is 0 Å². The van der Waals surface area contributed by atoms with E-state index < -0.39 is 0 Å². The molecule has 1 aromatic carbocycles. The second kappa shape index (κ2) is 5.89. The highest BCUT2D eigenvalue weighted by Gasteiger charge is 2.05. The van der Waals surface area contributed by atoms with E-state index in [2.05, 4.69) is 70.2 Å². The van der Waals surface area contributed by atoms with Crippen LogP contribution in [0.4, 0.5) is 0 Å². The molecule has 0 heteroatoms. The van der Waals surface area contributed by atoms with Gasteiger partial charge in [-0.05, 0) is 29.7 Å². The summed E-state index contributed by atoms with van der Waals surface area (Å²) >= 11 is 0. The smallest absolute Gasteiger partial charge is 0.0187 e. The first-order valence-electron chi connectivity index (χ1n) is 6.22. The lowest BCUT2D eigenvalue weighted by Gasteiger charge is -2.12. The molecule has 0 bridgehead atoms. The number of allylic oxidation sites excluding steroid dienone is 2. The molecule has 0 saturated carbocycles. The lowest BCUT2D eigenvalue weighted by atomic mass is 9.93. The fourth-order valence-electron chi connectivity index (χ4n) is 1.73. The molecule has 1 rings (SSSR count). The van der Waals surface area contributed by atoms with Crippen molar-refractivity contribution in [3.8, 4) is 0 Å². The Labute approximate surface area is 100 Å². The lowest BCUT2D eigenvalue weighted by Crippen LogP contribution is -1.98. The summed E-state index contributed by atoms with van der Waals surface area (Å²) in [5, 5.41) is 0. The first-order chi connectivity index (χ1) is 7.49. The highest BCUT2D eigenvalue weighted by Crippen LogP contribution is 2.21. The van der Waals surface area contributed by atoms with E-state index >= 15 is 0 Å². The number of benzene rings is 1. The summed E-state index contributed by atoms with van der Waals surface area (Å²) in [6.07, 6.45) is 7.04. The second-order valence-corrected chi connectivity index (χ2v) is 5.66. The molecule has 0 nitrogen and oxygen atoms in total. The van der Waals surface area contributed by atoms with Crippen LogP contribution >= 0.6 is 0 Å². The molecule has 0 fully saturated rings. The molecule has 88 valence electrons. The van der Waals surface area contributed by atoms with Gasteiger partial charge in [-0.1, -0.05) is 70.2 Å². The van der Waals surface area contributed by atoms with Crippen molar-refractivity contribution in [2.45, 2.75) is 46.5 Å². The average Bonchev–Trinajstić information content (AvgIpc) is 2.24. The standard InChI is InChI=1S/C16H24/c1-14(15-11-6-5-7-12-15)10-8-9-13-16(2,3)4/h5-7,9,11-14H,8,10H2,1-4H3/b13-9+. The molecule has 1 aromatic rings. The number of hydrogen-bond acceptors (Lipinski definition) is 0. The van der Waals surface area contributed by atoms with Gasteiger partial charge < -0.3 is 0 Å². The predicted octanol–water partition coefficient (Wildman–Crippen LogP) is 5.17. The third-order valence-corrected chi connectivity index (χ3v) is 2.75. The van der Waals surface area contributed by atoms with Crippen molar-refractivity contribution in [1.29, 1.82) is 0 Å². The molecule has 0 saturated heterocycles. The molecule has 0 amide bonds. The zero-order chi connectivity index (χ0) is 12.0. The Bertz CT molecular complexity index is 314. The zero-order valence-electron chi connectivity index (χ0n) is 11.0. The first kappa shape index (κ1) is 13.0. The minimum absolute atomic E-state index is 0.315. The Morgan fingerprint density at radius 1 is 1.12 bits per heavy atom. The van der Waals surface area contributed by atoms with Gasteiger partial charge in [-0.25, -0.2) is 0 Å². The molecule has 1 unspecified atom stereocenters. The lowest BCUT2D eigenvalue weighted by molar-refractivity contribution is 0.540. The molecule has 0 radical (unpaired) electrons. The van der Waals surface area contributed by atoms with E-state index in [9.17, 15) is 0 Å². The van der Waals surface area contributed by atoms with Crippen molar-refractivity contribution in [2.24, 2.45) is 5.41 Å². The van der Waals surface area contributed by atoms with Gasteiger partial charge in [0.05, 0.1) is 0 Å². The van der Waals surface area contributed by atoms with Gasteiger partial charge in [-0.2, -0.15) is 0 Å². The largest absolute Gasteiger partial charge is 0.0880 e. The van der Waals surface area contributed by atoms with E-state index in [0.717, 1.165) is 0 Å². The van der Waals surface area contributed by atoms with Crippen LogP contribution in [-0.4, -0.2) is 0 Å². The van der Waals surface area contributed by atoms with Gasteiger partial charge in [0.15, 0.2) is 0 Å². The topological polar surface area (TPSA) is 0 Å². The monoisotopic (exact) mass is 216 g/mol. The molecule has 0 spiro atoms. The molecule has 0 aromatic heterocycles. The van der Waals surface area contributed by atoms with Crippen LogP contribution in [0.5, 0.6) is 0 Å². The maximum absolute atomic E-state index is 2.32. The van der Waals surface area contributed by atoms with Crippen molar-refractivity contribution in [3.05, 3.63) is 48.0 Å². The highest BCUT2D eigenvalue weighted by molar-refractivity contribution is 5.18. The van der Waals surface area contributed by atoms with Crippen LogP contribution < -0.4 is 0 Å². The van der Waals surface area contributed by atoms with Gasteiger partial charge in [0, 0.05) is 0 Å². The third-order valence-electron chi connectivity index (χ3n) is 2.75. The van der Waals surface area contributed by atoms with Crippen molar-refractivity contribution in [1.82, 2.24) is 0 Å². The fraction of sp³-hybridized carbons (Fsp3) is 0.500. The Kier molecular flexibility index (Phi) is 4.79. The van der Waals surface area contributed by atoms with E-state index in [1.807, 2.05) is 0 Å². The molecule has 0 aliphatic carbocycles. The van der Waals surface area contributed by atoms with Gasteiger partial charge in [0.1, 0.15) is 0 Å².